The number of esters is 2. The van der Waals surface area contributed by atoms with Gasteiger partial charge < -0.3 is 34.9 Å². The fourth-order valence-corrected chi connectivity index (χ4v) is 6.55. The van der Waals surface area contributed by atoms with Gasteiger partial charge in [-0.2, -0.15) is 12.6 Å². The molecular formula is C41H56ClN3O8S. The van der Waals surface area contributed by atoms with E-state index >= 15 is 0 Å². The van der Waals surface area contributed by atoms with Crippen molar-refractivity contribution in [1.82, 2.24) is 16.0 Å². The van der Waals surface area contributed by atoms with Crippen LogP contribution in [0.2, 0.25) is 5.02 Å². The summed E-state index contributed by atoms with van der Waals surface area (Å²) in [4.78, 5) is 54.1. The summed E-state index contributed by atoms with van der Waals surface area (Å²) in [6.45, 7) is 14.5. The summed E-state index contributed by atoms with van der Waals surface area (Å²) < 4.78 is 23.2. The highest BCUT2D eigenvalue weighted by Gasteiger charge is 2.48. The third-order valence-corrected chi connectivity index (χ3v) is 9.93. The van der Waals surface area contributed by atoms with Crippen LogP contribution in [-0.4, -0.2) is 73.1 Å². The number of epoxide rings is 1. The summed E-state index contributed by atoms with van der Waals surface area (Å²) in [6.07, 6.45) is 1.18. The highest BCUT2D eigenvalue weighted by atomic mass is 35.5. The van der Waals surface area contributed by atoms with Crippen molar-refractivity contribution < 1.29 is 38.1 Å². The first-order valence-electron chi connectivity index (χ1n) is 18.5. The van der Waals surface area contributed by atoms with Crippen molar-refractivity contribution in [1.29, 1.82) is 0 Å². The minimum atomic E-state index is -1.21. The number of methoxy groups -OCH3 is 1. The van der Waals surface area contributed by atoms with Gasteiger partial charge in [0.25, 0.3) is 0 Å². The van der Waals surface area contributed by atoms with E-state index in [0.29, 0.717) is 22.9 Å². The van der Waals surface area contributed by atoms with Crippen LogP contribution in [0.4, 0.5) is 0 Å². The van der Waals surface area contributed by atoms with Crippen LogP contribution in [0.25, 0.3) is 0 Å². The molecule has 11 nitrogen and oxygen atoms in total. The third-order valence-electron chi connectivity index (χ3n) is 9.47. The van der Waals surface area contributed by atoms with E-state index in [4.69, 9.17) is 30.5 Å². The number of hydrogen-bond donors (Lipinski definition) is 4. The lowest BCUT2D eigenvalue weighted by Gasteiger charge is -2.29. The van der Waals surface area contributed by atoms with Gasteiger partial charge in [0.15, 0.2) is 6.10 Å². The maximum atomic E-state index is 13.8. The van der Waals surface area contributed by atoms with E-state index in [1.807, 2.05) is 32.9 Å². The average Bonchev–Trinajstić information content (AvgIpc) is 3.89. The lowest BCUT2D eigenvalue weighted by atomic mass is 9.92. The second-order valence-corrected chi connectivity index (χ2v) is 17.6. The van der Waals surface area contributed by atoms with Gasteiger partial charge in [-0.25, -0.2) is 4.79 Å². The second kappa shape index (κ2) is 18.8. The maximum Gasteiger partial charge on any atom is 0.347 e. The normalized spacial score (nSPS) is 24.6. The molecule has 296 valence electrons. The minimum absolute atomic E-state index is 0.00847. The number of carbonyl (C=O) groups is 4. The molecule has 54 heavy (non-hydrogen) atoms. The van der Waals surface area contributed by atoms with Gasteiger partial charge in [0, 0.05) is 43.1 Å². The zero-order valence-electron chi connectivity index (χ0n) is 32.6. The molecule has 2 aliphatic rings. The van der Waals surface area contributed by atoms with Gasteiger partial charge in [-0.3, -0.25) is 14.4 Å². The number of amides is 2. The monoisotopic (exact) mass is 785 g/mol. The smallest absolute Gasteiger partial charge is 0.347 e. The summed E-state index contributed by atoms with van der Waals surface area (Å²) in [6, 6.07) is 12.3. The third kappa shape index (κ3) is 12.7. The highest BCUT2D eigenvalue weighted by Crippen LogP contribution is 2.45. The Morgan fingerprint density at radius 2 is 1.72 bits per heavy atom. The van der Waals surface area contributed by atoms with Gasteiger partial charge in [0.05, 0.1) is 23.7 Å². The number of cyclic esters (lactones) is 2. The fraction of sp³-hybridized carbons (Fsp3) is 0.561. The molecule has 2 aromatic carbocycles. The number of carbonyl (C=O) groups excluding carboxylic acids is 4. The quantitative estimate of drug-likeness (QED) is 0.117. The predicted octanol–water partition coefficient (Wildman–Crippen LogP) is 5.92. The molecule has 2 amide bonds. The van der Waals surface area contributed by atoms with Gasteiger partial charge >= 0.3 is 11.9 Å². The van der Waals surface area contributed by atoms with E-state index in [1.165, 1.54) is 13.2 Å². The molecular weight excluding hydrogens is 730 g/mol. The molecule has 1 fully saturated rings. The largest absolute Gasteiger partial charge is 0.495 e. The number of hydrogen-bond acceptors (Lipinski definition) is 10. The molecule has 0 aliphatic carbocycles. The number of rotatable bonds is 12. The van der Waals surface area contributed by atoms with Gasteiger partial charge in [0.1, 0.15) is 24.0 Å². The molecule has 2 heterocycles. The Balaban J connectivity index is 1.56. The van der Waals surface area contributed by atoms with Gasteiger partial charge in [-0.1, -0.05) is 68.8 Å². The summed E-state index contributed by atoms with van der Waals surface area (Å²) in [5.74, 6) is -2.14. The van der Waals surface area contributed by atoms with E-state index in [-0.39, 0.29) is 54.6 Å². The molecule has 2 aromatic rings. The predicted molar refractivity (Wildman–Crippen MR) is 211 cm³/mol. The van der Waals surface area contributed by atoms with Crippen LogP contribution in [0.3, 0.4) is 0 Å². The van der Waals surface area contributed by atoms with Crippen LogP contribution in [0.1, 0.15) is 84.1 Å². The molecule has 2 aliphatic heterocycles. The van der Waals surface area contributed by atoms with E-state index in [1.54, 1.807) is 38.1 Å². The Morgan fingerprint density at radius 3 is 2.35 bits per heavy atom. The van der Waals surface area contributed by atoms with Gasteiger partial charge in [0.2, 0.25) is 11.8 Å². The summed E-state index contributed by atoms with van der Waals surface area (Å²) in [5.41, 5.74) is 1.63. The lowest BCUT2D eigenvalue weighted by Crippen LogP contribution is -2.51. The van der Waals surface area contributed by atoms with Crippen LogP contribution in [-0.2, 0) is 46.4 Å². The van der Waals surface area contributed by atoms with E-state index in [9.17, 15) is 19.2 Å². The summed E-state index contributed by atoms with van der Waals surface area (Å²) in [7, 11) is 1.51. The van der Waals surface area contributed by atoms with Crippen molar-refractivity contribution in [2.45, 2.75) is 109 Å². The van der Waals surface area contributed by atoms with Crippen molar-refractivity contribution in [2.75, 3.05) is 20.2 Å². The molecule has 6 atom stereocenters. The Morgan fingerprint density at radius 1 is 1.04 bits per heavy atom. The van der Waals surface area contributed by atoms with Crippen LogP contribution < -0.4 is 20.7 Å². The van der Waals surface area contributed by atoms with Crippen molar-refractivity contribution in [3.63, 3.8) is 0 Å². The summed E-state index contributed by atoms with van der Waals surface area (Å²) >= 11 is 10.9. The molecule has 4 rings (SSSR count). The standard InChI is InChI=1S/C41H56ClN3O8S/c1-24(2)18-33-38(48)51-31(25(3)35-36(53-35)28-15-12-26(13-16-28)21-43-23-41(6,7)54)10-9-11-34(46)45-30(20-27-14-17-32(50-8)29(42)19-27)37(47)44-22-40(4,5)39(49)52-33/h9,11-17,19,24-25,30-31,33,35-36,43,54H,10,18,20-23H2,1-8H3,(H,44,47)(H,45,46)/t25-,30+,31-,33-,35+,36+/m0/s1. The lowest BCUT2D eigenvalue weighted by molar-refractivity contribution is -0.179. The SMILES string of the molecule is COc1ccc(C[C@H]2NC(=O)C=CC[C@@H]([C@H](C)[C@H]3O[C@@H]3c3ccc(CNCC(C)(C)S)cc3)OC(=O)[C@H](CC(C)C)OC(=O)C(C)(C)CNC2=O)cc1Cl. The Hall–Kier alpha value is -3.58. The molecule has 0 bridgehead atoms. The number of thiol groups is 1. The Bertz CT molecular complexity index is 1660. The van der Waals surface area contributed by atoms with Crippen LogP contribution in [0.15, 0.2) is 54.6 Å². The first-order chi connectivity index (χ1) is 25.4. The number of benzene rings is 2. The summed E-state index contributed by atoms with van der Waals surface area (Å²) in [5, 5.41) is 9.35. The average molecular weight is 786 g/mol. The van der Waals surface area contributed by atoms with Crippen molar-refractivity contribution in [3.8, 4) is 5.75 Å². The first-order valence-corrected chi connectivity index (χ1v) is 19.4. The minimum Gasteiger partial charge on any atom is -0.495 e. The Labute approximate surface area is 330 Å². The van der Waals surface area contributed by atoms with Gasteiger partial charge in [-0.15, -0.1) is 0 Å². The number of halogens is 1. The maximum absolute atomic E-state index is 13.8. The zero-order chi connectivity index (χ0) is 39.8. The molecule has 0 radical (unpaired) electrons. The highest BCUT2D eigenvalue weighted by molar-refractivity contribution is 7.81. The topological polar surface area (TPSA) is 145 Å². The molecule has 3 N–H and O–H groups in total. The molecule has 1 saturated heterocycles. The number of nitrogens with one attached hydrogen (secondary N) is 3. The fourth-order valence-electron chi connectivity index (χ4n) is 6.16. The molecule has 0 aromatic heterocycles. The van der Waals surface area contributed by atoms with Crippen LogP contribution >= 0.6 is 24.2 Å². The van der Waals surface area contributed by atoms with E-state index in [2.05, 4.69) is 54.6 Å². The van der Waals surface area contributed by atoms with Crippen molar-refractivity contribution in [3.05, 3.63) is 76.3 Å². The molecule has 13 heteroatoms. The number of ether oxygens (including phenoxy) is 4. The first kappa shape index (κ1) is 43.2. The van der Waals surface area contributed by atoms with Gasteiger partial charge in [-0.05, 0) is 74.9 Å². The molecule has 0 unspecified atom stereocenters. The van der Waals surface area contributed by atoms with Crippen molar-refractivity contribution in [2.24, 2.45) is 17.3 Å². The molecule has 0 saturated carbocycles. The van der Waals surface area contributed by atoms with Crippen LogP contribution in [0, 0.1) is 17.3 Å². The van der Waals surface area contributed by atoms with Crippen LogP contribution in [0.5, 0.6) is 5.75 Å². The van der Waals surface area contributed by atoms with E-state index < -0.39 is 47.4 Å². The van der Waals surface area contributed by atoms with E-state index in [0.717, 1.165) is 17.7 Å². The van der Waals surface area contributed by atoms with Crippen molar-refractivity contribution >= 4 is 48.0 Å². The Kier molecular flexibility index (Phi) is 15.1. The zero-order valence-corrected chi connectivity index (χ0v) is 34.2. The second-order valence-electron chi connectivity index (χ2n) is 16.0. The molecule has 0 spiro atoms.